The van der Waals surface area contributed by atoms with E-state index in [9.17, 15) is 5.11 Å². The first-order valence-corrected chi connectivity index (χ1v) is 6.46. The summed E-state index contributed by atoms with van der Waals surface area (Å²) in [6.07, 6.45) is 0. The van der Waals surface area contributed by atoms with Crippen LogP contribution in [0.3, 0.4) is 0 Å². The molecule has 0 aliphatic heterocycles. The van der Waals surface area contributed by atoms with E-state index in [-0.39, 0.29) is 11.2 Å². The Morgan fingerprint density at radius 2 is 2.06 bits per heavy atom. The van der Waals surface area contributed by atoms with Crippen LogP contribution < -0.4 is 5.73 Å². The average Bonchev–Trinajstić information content (AvgIpc) is 2.32. The minimum atomic E-state index is 0.0788. The Balaban J connectivity index is 2.77. The summed E-state index contributed by atoms with van der Waals surface area (Å²) in [6, 6.07) is 3.53. The van der Waals surface area contributed by atoms with Gasteiger partial charge < -0.3 is 10.8 Å². The molecular weight excluding hydrogens is 226 g/mol. The van der Waals surface area contributed by atoms with Crippen molar-refractivity contribution in [3.63, 3.8) is 0 Å². The SMILES string of the molecule is CCN(Cc1nc(C)ccc1O)CC(C)(C)CN. The van der Waals surface area contributed by atoms with Gasteiger partial charge in [0, 0.05) is 18.8 Å². The Labute approximate surface area is 110 Å². The normalized spacial score (nSPS) is 12.1. The number of nitrogens with two attached hydrogens (primary N) is 1. The molecule has 1 heterocycles. The molecule has 0 saturated heterocycles. The van der Waals surface area contributed by atoms with E-state index in [1.807, 2.05) is 13.0 Å². The zero-order chi connectivity index (χ0) is 13.8. The highest BCUT2D eigenvalue weighted by molar-refractivity contribution is 5.27. The van der Waals surface area contributed by atoms with E-state index in [0.29, 0.717) is 13.1 Å². The molecule has 1 aromatic rings. The highest BCUT2D eigenvalue weighted by Crippen LogP contribution is 2.20. The fourth-order valence-corrected chi connectivity index (χ4v) is 1.88. The predicted molar refractivity (Wildman–Crippen MR) is 74.4 cm³/mol. The van der Waals surface area contributed by atoms with Gasteiger partial charge in [0.05, 0.1) is 5.69 Å². The zero-order valence-corrected chi connectivity index (χ0v) is 11.9. The largest absolute Gasteiger partial charge is 0.506 e. The van der Waals surface area contributed by atoms with Crippen molar-refractivity contribution in [3.05, 3.63) is 23.5 Å². The second kappa shape index (κ2) is 6.16. The van der Waals surface area contributed by atoms with Crippen molar-refractivity contribution in [2.45, 2.75) is 34.2 Å². The van der Waals surface area contributed by atoms with Crippen LogP contribution in [0.1, 0.15) is 32.2 Å². The van der Waals surface area contributed by atoms with Crippen LogP contribution in [0, 0.1) is 12.3 Å². The molecule has 0 unspecified atom stereocenters. The average molecular weight is 251 g/mol. The summed E-state index contributed by atoms with van der Waals surface area (Å²) in [7, 11) is 0. The highest BCUT2D eigenvalue weighted by Gasteiger charge is 2.20. The second-order valence-electron chi connectivity index (χ2n) is 5.59. The predicted octanol–water partition coefficient (Wildman–Crippen LogP) is 1.90. The Morgan fingerprint density at radius 3 is 2.61 bits per heavy atom. The van der Waals surface area contributed by atoms with Crippen LogP contribution in [0.25, 0.3) is 0 Å². The number of pyridine rings is 1. The Hall–Kier alpha value is -1.13. The molecule has 4 nitrogen and oxygen atoms in total. The summed E-state index contributed by atoms with van der Waals surface area (Å²) in [6.45, 7) is 11.5. The fourth-order valence-electron chi connectivity index (χ4n) is 1.88. The maximum absolute atomic E-state index is 9.82. The molecular formula is C14H25N3O. The lowest BCUT2D eigenvalue weighted by molar-refractivity contribution is 0.180. The Morgan fingerprint density at radius 1 is 1.39 bits per heavy atom. The van der Waals surface area contributed by atoms with E-state index in [1.165, 1.54) is 0 Å². The summed E-state index contributed by atoms with van der Waals surface area (Å²) in [5.74, 6) is 0.268. The van der Waals surface area contributed by atoms with Gasteiger partial charge in [-0.1, -0.05) is 20.8 Å². The van der Waals surface area contributed by atoms with Crippen molar-refractivity contribution >= 4 is 0 Å². The smallest absolute Gasteiger partial charge is 0.138 e. The second-order valence-corrected chi connectivity index (χ2v) is 5.59. The Kier molecular flexibility index (Phi) is 5.11. The number of aryl methyl sites for hydroxylation is 1. The first-order chi connectivity index (χ1) is 8.38. The summed E-state index contributed by atoms with van der Waals surface area (Å²) in [5.41, 5.74) is 7.51. The molecule has 0 aromatic carbocycles. The van der Waals surface area contributed by atoms with Gasteiger partial charge >= 0.3 is 0 Å². The molecule has 3 N–H and O–H groups in total. The van der Waals surface area contributed by atoms with Crippen LogP contribution in [0.5, 0.6) is 5.75 Å². The van der Waals surface area contributed by atoms with Crippen LogP contribution in [0.2, 0.25) is 0 Å². The third-order valence-corrected chi connectivity index (χ3v) is 3.11. The molecule has 0 aliphatic carbocycles. The van der Waals surface area contributed by atoms with Crippen molar-refractivity contribution in [2.75, 3.05) is 19.6 Å². The van der Waals surface area contributed by atoms with E-state index >= 15 is 0 Å². The molecule has 0 spiro atoms. The lowest BCUT2D eigenvalue weighted by Gasteiger charge is -2.30. The first-order valence-electron chi connectivity index (χ1n) is 6.46. The quantitative estimate of drug-likeness (QED) is 0.810. The summed E-state index contributed by atoms with van der Waals surface area (Å²) in [4.78, 5) is 6.65. The van der Waals surface area contributed by atoms with Gasteiger partial charge in [-0.3, -0.25) is 9.88 Å². The van der Waals surface area contributed by atoms with E-state index in [4.69, 9.17) is 5.73 Å². The molecule has 0 amide bonds. The monoisotopic (exact) mass is 251 g/mol. The van der Waals surface area contributed by atoms with Crippen LogP contribution in [0.15, 0.2) is 12.1 Å². The van der Waals surface area contributed by atoms with Gasteiger partial charge in [-0.25, -0.2) is 0 Å². The van der Waals surface area contributed by atoms with Gasteiger partial charge in [0.1, 0.15) is 5.75 Å². The lowest BCUT2D eigenvalue weighted by Crippen LogP contribution is -2.38. The topological polar surface area (TPSA) is 62.4 Å². The molecule has 0 bridgehead atoms. The van der Waals surface area contributed by atoms with Crippen molar-refractivity contribution in [1.82, 2.24) is 9.88 Å². The maximum Gasteiger partial charge on any atom is 0.138 e. The van der Waals surface area contributed by atoms with Gasteiger partial charge in [-0.2, -0.15) is 0 Å². The molecule has 102 valence electrons. The third kappa shape index (κ3) is 4.27. The molecule has 0 atom stereocenters. The minimum absolute atomic E-state index is 0.0788. The molecule has 0 fully saturated rings. The number of nitrogens with zero attached hydrogens (tertiary/aromatic N) is 2. The number of aromatic hydroxyl groups is 1. The van der Waals surface area contributed by atoms with Crippen LogP contribution in [-0.2, 0) is 6.54 Å². The molecule has 0 radical (unpaired) electrons. The minimum Gasteiger partial charge on any atom is -0.506 e. The van der Waals surface area contributed by atoms with Gasteiger partial charge in [0.15, 0.2) is 0 Å². The van der Waals surface area contributed by atoms with E-state index in [0.717, 1.165) is 24.5 Å². The fraction of sp³-hybridized carbons (Fsp3) is 0.643. The van der Waals surface area contributed by atoms with Crippen molar-refractivity contribution < 1.29 is 5.11 Å². The summed E-state index contributed by atoms with van der Waals surface area (Å²) < 4.78 is 0. The molecule has 4 heteroatoms. The number of aromatic nitrogens is 1. The van der Waals surface area contributed by atoms with Gasteiger partial charge in [0.25, 0.3) is 0 Å². The molecule has 1 aromatic heterocycles. The van der Waals surface area contributed by atoms with Crippen LogP contribution in [-0.4, -0.2) is 34.6 Å². The third-order valence-electron chi connectivity index (χ3n) is 3.11. The van der Waals surface area contributed by atoms with Crippen molar-refractivity contribution in [1.29, 1.82) is 0 Å². The molecule has 0 aliphatic rings. The summed E-state index contributed by atoms with van der Waals surface area (Å²) in [5, 5.41) is 9.82. The van der Waals surface area contributed by atoms with Gasteiger partial charge in [0.2, 0.25) is 0 Å². The standard InChI is InChI=1S/C14H25N3O/c1-5-17(10-14(3,4)9-15)8-12-13(18)7-6-11(2)16-12/h6-7,18H,5,8-10,15H2,1-4H3. The number of hydrogen-bond donors (Lipinski definition) is 2. The van der Waals surface area contributed by atoms with Gasteiger partial charge in [-0.05, 0) is 37.6 Å². The number of rotatable bonds is 6. The zero-order valence-electron chi connectivity index (χ0n) is 11.9. The summed E-state index contributed by atoms with van der Waals surface area (Å²) >= 11 is 0. The Bertz CT molecular complexity index is 391. The molecule has 1 rings (SSSR count). The first kappa shape index (κ1) is 14.9. The molecule has 18 heavy (non-hydrogen) atoms. The molecule has 0 saturated carbocycles. The van der Waals surface area contributed by atoms with Crippen LogP contribution >= 0.6 is 0 Å². The van der Waals surface area contributed by atoms with E-state index in [2.05, 4.69) is 30.7 Å². The lowest BCUT2D eigenvalue weighted by atomic mass is 9.93. The highest BCUT2D eigenvalue weighted by atomic mass is 16.3. The number of hydrogen-bond acceptors (Lipinski definition) is 4. The van der Waals surface area contributed by atoms with E-state index in [1.54, 1.807) is 6.07 Å². The van der Waals surface area contributed by atoms with Gasteiger partial charge in [-0.15, -0.1) is 0 Å². The maximum atomic E-state index is 9.82. The van der Waals surface area contributed by atoms with Crippen molar-refractivity contribution in [3.8, 4) is 5.75 Å². The van der Waals surface area contributed by atoms with E-state index < -0.39 is 0 Å². The van der Waals surface area contributed by atoms with Crippen molar-refractivity contribution in [2.24, 2.45) is 11.1 Å². The van der Waals surface area contributed by atoms with Crippen LogP contribution in [0.4, 0.5) is 0 Å².